The molecule has 0 amide bonds. The van der Waals surface area contributed by atoms with Gasteiger partial charge in [0.2, 0.25) is 0 Å². The van der Waals surface area contributed by atoms with Gasteiger partial charge in [0.25, 0.3) is 5.56 Å². The number of thiazole rings is 1. The number of carbonyl (C=O) groups is 1. The van der Waals surface area contributed by atoms with Gasteiger partial charge in [-0.3, -0.25) is 4.79 Å². The molecule has 0 aliphatic rings. The molecule has 2 heterocycles. The number of hydrogen-bond acceptors (Lipinski definition) is 6. The molecule has 7 heteroatoms. The van der Waals surface area contributed by atoms with Gasteiger partial charge in [-0.1, -0.05) is 30.3 Å². The van der Waals surface area contributed by atoms with Gasteiger partial charge in [-0.05, 0) is 25.5 Å². The Labute approximate surface area is 154 Å². The molecule has 0 atom stereocenters. The van der Waals surface area contributed by atoms with Gasteiger partial charge in [-0.15, -0.1) is 11.3 Å². The van der Waals surface area contributed by atoms with E-state index < -0.39 is 5.97 Å². The van der Waals surface area contributed by atoms with Crippen molar-refractivity contribution in [2.75, 3.05) is 6.61 Å². The highest BCUT2D eigenvalue weighted by atomic mass is 32.1. The summed E-state index contributed by atoms with van der Waals surface area (Å²) < 4.78 is 10.9. The molecule has 1 aromatic carbocycles. The third-order valence-electron chi connectivity index (χ3n) is 3.63. The van der Waals surface area contributed by atoms with Gasteiger partial charge >= 0.3 is 5.97 Å². The van der Waals surface area contributed by atoms with Crippen molar-refractivity contribution in [3.05, 3.63) is 69.1 Å². The van der Waals surface area contributed by atoms with Crippen LogP contribution in [0.3, 0.4) is 0 Å². The van der Waals surface area contributed by atoms with Crippen molar-refractivity contribution in [2.24, 2.45) is 0 Å². The van der Waals surface area contributed by atoms with Crippen LogP contribution in [0.25, 0.3) is 10.6 Å². The second kappa shape index (κ2) is 7.97. The molecule has 0 saturated carbocycles. The van der Waals surface area contributed by atoms with E-state index >= 15 is 0 Å². The molecule has 3 aromatic rings. The summed E-state index contributed by atoms with van der Waals surface area (Å²) >= 11 is 1.13. The fourth-order valence-electron chi connectivity index (χ4n) is 2.41. The highest BCUT2D eigenvalue weighted by Gasteiger charge is 2.21. The number of hydrogen-bond donors (Lipinski definition) is 1. The number of aryl methyl sites for hydroxylation is 1. The first-order valence-corrected chi connectivity index (χ1v) is 8.95. The molecule has 2 aromatic heterocycles. The zero-order valence-corrected chi connectivity index (χ0v) is 15.3. The van der Waals surface area contributed by atoms with Crippen LogP contribution in [0.4, 0.5) is 0 Å². The number of carbonyl (C=O) groups excluding carboxylic acids is 1. The van der Waals surface area contributed by atoms with Crippen molar-refractivity contribution < 1.29 is 14.3 Å². The summed E-state index contributed by atoms with van der Waals surface area (Å²) in [5, 5.41) is 0.426. The number of rotatable bonds is 6. The van der Waals surface area contributed by atoms with Gasteiger partial charge in [0.1, 0.15) is 27.8 Å². The van der Waals surface area contributed by atoms with Gasteiger partial charge < -0.3 is 14.5 Å². The van der Waals surface area contributed by atoms with Crippen molar-refractivity contribution >= 4 is 17.3 Å². The maximum Gasteiger partial charge on any atom is 0.350 e. The van der Waals surface area contributed by atoms with E-state index in [1.54, 1.807) is 19.9 Å². The first kappa shape index (κ1) is 17.9. The third-order valence-corrected chi connectivity index (χ3v) is 4.79. The first-order chi connectivity index (χ1) is 12.6. The Morgan fingerprint density at radius 1 is 1.23 bits per heavy atom. The minimum atomic E-state index is -0.437. The van der Waals surface area contributed by atoms with E-state index in [1.807, 2.05) is 30.3 Å². The lowest BCUT2D eigenvalue weighted by atomic mass is 10.2. The van der Waals surface area contributed by atoms with Crippen molar-refractivity contribution in [3.63, 3.8) is 0 Å². The Morgan fingerprint density at radius 2 is 2.00 bits per heavy atom. The van der Waals surface area contributed by atoms with E-state index in [9.17, 15) is 9.59 Å². The van der Waals surface area contributed by atoms with Crippen LogP contribution in [0.2, 0.25) is 0 Å². The molecule has 1 N–H and O–H groups in total. The summed E-state index contributed by atoms with van der Waals surface area (Å²) in [6, 6.07) is 11.3. The average Bonchev–Trinajstić information content (AvgIpc) is 3.02. The summed E-state index contributed by atoms with van der Waals surface area (Å²) in [5.74, 6) is -0.0189. The van der Waals surface area contributed by atoms with Gasteiger partial charge in [-0.25, -0.2) is 9.78 Å². The number of pyridine rings is 1. The smallest absolute Gasteiger partial charge is 0.350 e. The van der Waals surface area contributed by atoms with Gasteiger partial charge in [0.05, 0.1) is 12.3 Å². The fraction of sp³-hybridized carbons (Fsp3) is 0.211. The summed E-state index contributed by atoms with van der Waals surface area (Å²) in [6.07, 6.45) is 1.53. The molecule has 3 rings (SSSR count). The first-order valence-electron chi connectivity index (χ1n) is 8.13. The highest BCUT2D eigenvalue weighted by Crippen LogP contribution is 2.32. The number of nitrogens with zero attached hydrogens (tertiary/aromatic N) is 1. The zero-order valence-electron chi connectivity index (χ0n) is 14.4. The largest absolute Gasteiger partial charge is 0.488 e. The molecule has 0 bridgehead atoms. The standard InChI is InChI=1S/C19H18N2O4S/c1-3-24-19(23)16-12(2)21-18(26-16)15-14(9-10-20-17(15)22)25-11-13-7-5-4-6-8-13/h4-10H,3,11H2,1-2H3,(H,20,22). The zero-order chi connectivity index (χ0) is 18.5. The van der Waals surface area contributed by atoms with Crippen LogP contribution in [0, 0.1) is 6.92 Å². The van der Waals surface area contributed by atoms with Crippen molar-refractivity contribution in [1.29, 1.82) is 0 Å². The highest BCUT2D eigenvalue weighted by molar-refractivity contribution is 7.17. The number of aromatic nitrogens is 2. The Balaban J connectivity index is 1.94. The predicted octanol–water partition coefficient (Wildman–Crippen LogP) is 3.56. The van der Waals surface area contributed by atoms with Crippen LogP contribution >= 0.6 is 11.3 Å². The molecule has 0 radical (unpaired) electrons. The number of aromatic amines is 1. The fourth-order valence-corrected chi connectivity index (χ4v) is 3.41. The molecule has 0 spiro atoms. The molecule has 0 aliphatic carbocycles. The monoisotopic (exact) mass is 370 g/mol. The number of ether oxygens (including phenoxy) is 2. The van der Waals surface area contributed by atoms with Crippen LogP contribution in [-0.4, -0.2) is 22.5 Å². The molecule has 0 aliphatic heterocycles. The number of nitrogens with one attached hydrogen (secondary N) is 1. The molecule has 26 heavy (non-hydrogen) atoms. The van der Waals surface area contributed by atoms with Gasteiger partial charge in [-0.2, -0.15) is 0 Å². The molecule has 0 fully saturated rings. The quantitative estimate of drug-likeness (QED) is 0.671. The van der Waals surface area contributed by atoms with E-state index in [0.717, 1.165) is 16.9 Å². The Bertz CT molecular complexity index is 963. The summed E-state index contributed by atoms with van der Waals surface area (Å²) in [7, 11) is 0. The third kappa shape index (κ3) is 3.83. The van der Waals surface area contributed by atoms with Crippen LogP contribution < -0.4 is 10.3 Å². The van der Waals surface area contributed by atoms with E-state index in [1.165, 1.54) is 6.20 Å². The lowest BCUT2D eigenvalue weighted by Gasteiger charge is -2.09. The molecule has 0 unspecified atom stereocenters. The number of esters is 1. The molecule has 0 saturated heterocycles. The topological polar surface area (TPSA) is 81.3 Å². The van der Waals surface area contributed by atoms with Gasteiger partial charge in [0, 0.05) is 6.20 Å². The van der Waals surface area contributed by atoms with Crippen molar-refractivity contribution in [3.8, 4) is 16.3 Å². The van der Waals surface area contributed by atoms with Crippen LogP contribution in [0.15, 0.2) is 47.4 Å². The summed E-state index contributed by atoms with van der Waals surface area (Å²) in [4.78, 5) is 31.8. The van der Waals surface area contributed by atoms with Crippen molar-refractivity contribution in [2.45, 2.75) is 20.5 Å². The van der Waals surface area contributed by atoms with Crippen LogP contribution in [-0.2, 0) is 11.3 Å². The number of H-pyrrole nitrogens is 1. The van der Waals surface area contributed by atoms with Gasteiger partial charge in [0.15, 0.2) is 0 Å². The lowest BCUT2D eigenvalue weighted by Crippen LogP contribution is -2.10. The second-order valence-corrected chi connectivity index (χ2v) is 6.47. The SMILES string of the molecule is CCOC(=O)c1sc(-c2c(OCc3ccccc3)cc[nH]c2=O)nc1C. The Morgan fingerprint density at radius 3 is 2.73 bits per heavy atom. The molecular formula is C19H18N2O4S. The molecule has 134 valence electrons. The van der Waals surface area contributed by atoms with E-state index in [2.05, 4.69) is 9.97 Å². The Kier molecular flexibility index (Phi) is 5.48. The van der Waals surface area contributed by atoms with Crippen LogP contribution in [0.5, 0.6) is 5.75 Å². The average molecular weight is 370 g/mol. The summed E-state index contributed by atoms with van der Waals surface area (Å²) in [5.41, 5.74) is 1.51. The van der Waals surface area contributed by atoms with E-state index in [4.69, 9.17) is 9.47 Å². The van der Waals surface area contributed by atoms with E-state index in [-0.39, 0.29) is 12.2 Å². The van der Waals surface area contributed by atoms with Crippen LogP contribution in [0.1, 0.15) is 27.9 Å². The van der Waals surface area contributed by atoms with Crippen molar-refractivity contribution in [1.82, 2.24) is 9.97 Å². The lowest BCUT2D eigenvalue weighted by molar-refractivity contribution is 0.0531. The maximum absolute atomic E-state index is 12.4. The minimum absolute atomic E-state index is 0.281. The molecule has 6 nitrogen and oxygen atoms in total. The normalized spacial score (nSPS) is 10.5. The minimum Gasteiger partial charge on any atom is -0.488 e. The number of benzene rings is 1. The summed E-state index contributed by atoms with van der Waals surface area (Å²) in [6.45, 7) is 4.07. The maximum atomic E-state index is 12.4. The van der Waals surface area contributed by atoms with E-state index in [0.29, 0.717) is 33.5 Å². The molecular weight excluding hydrogens is 352 g/mol. The predicted molar refractivity (Wildman–Crippen MR) is 99.6 cm³/mol. The second-order valence-electron chi connectivity index (χ2n) is 5.47. The Hall–Kier alpha value is -2.93.